The Morgan fingerprint density at radius 2 is 2.00 bits per heavy atom. The summed E-state index contributed by atoms with van der Waals surface area (Å²) in [7, 11) is 0. The molecule has 0 aliphatic carbocycles. The molecule has 0 radical (unpaired) electrons. The molecule has 5 nitrogen and oxygen atoms in total. The standard InChI is InChI=1S/C15H10N2O3/c18-15(19)11-7-12(9-16-8-11)20-14-13-4-2-1-3-10(13)5-6-17-14/h1-9H,(H,18,19). The van der Waals surface area contributed by atoms with Crippen LogP contribution in [0.15, 0.2) is 55.0 Å². The largest absolute Gasteiger partial charge is 0.478 e. The second-order valence-electron chi connectivity index (χ2n) is 4.15. The molecule has 0 bridgehead atoms. The highest BCUT2D eigenvalue weighted by atomic mass is 16.5. The minimum Gasteiger partial charge on any atom is -0.478 e. The third-order valence-corrected chi connectivity index (χ3v) is 2.81. The molecule has 3 aromatic rings. The summed E-state index contributed by atoms with van der Waals surface area (Å²) >= 11 is 0. The first kappa shape index (κ1) is 12.1. The van der Waals surface area contributed by atoms with Gasteiger partial charge in [-0.05, 0) is 23.6 Å². The monoisotopic (exact) mass is 266 g/mol. The quantitative estimate of drug-likeness (QED) is 0.788. The average Bonchev–Trinajstić information content (AvgIpc) is 2.48. The van der Waals surface area contributed by atoms with Crippen LogP contribution in [-0.4, -0.2) is 21.0 Å². The fraction of sp³-hybridized carbons (Fsp3) is 0. The number of carboxylic acid groups (broad SMARTS) is 1. The number of carbonyl (C=O) groups is 1. The first-order valence-corrected chi connectivity index (χ1v) is 5.94. The molecule has 98 valence electrons. The van der Waals surface area contributed by atoms with Gasteiger partial charge in [0.2, 0.25) is 5.88 Å². The molecule has 0 aliphatic heterocycles. The molecule has 0 amide bonds. The lowest BCUT2D eigenvalue weighted by atomic mass is 10.2. The van der Waals surface area contributed by atoms with Gasteiger partial charge in [-0.2, -0.15) is 0 Å². The molecule has 3 rings (SSSR count). The maximum absolute atomic E-state index is 10.9. The Labute approximate surface area is 114 Å². The number of carboxylic acids is 1. The smallest absolute Gasteiger partial charge is 0.337 e. The SMILES string of the molecule is O=C(O)c1cncc(Oc2nccc3ccccc23)c1. The molecule has 0 atom stereocenters. The number of fused-ring (bicyclic) bond motifs is 1. The third-order valence-electron chi connectivity index (χ3n) is 2.81. The number of nitrogens with zero attached hydrogens (tertiary/aromatic N) is 2. The molecule has 0 fully saturated rings. The lowest BCUT2D eigenvalue weighted by Crippen LogP contribution is -1.98. The number of benzene rings is 1. The molecule has 0 unspecified atom stereocenters. The van der Waals surface area contributed by atoms with Crippen LogP contribution in [0, 0.1) is 0 Å². The highest BCUT2D eigenvalue weighted by molar-refractivity contribution is 5.88. The van der Waals surface area contributed by atoms with Crippen molar-refractivity contribution in [2.24, 2.45) is 0 Å². The lowest BCUT2D eigenvalue weighted by molar-refractivity contribution is 0.0696. The minimum atomic E-state index is -1.05. The van der Waals surface area contributed by atoms with E-state index in [0.29, 0.717) is 11.6 Å². The molecule has 0 saturated heterocycles. The number of rotatable bonds is 3. The van der Waals surface area contributed by atoms with Gasteiger partial charge in [0.05, 0.1) is 11.8 Å². The van der Waals surface area contributed by atoms with Gasteiger partial charge in [0.1, 0.15) is 5.75 Å². The van der Waals surface area contributed by atoms with Crippen molar-refractivity contribution in [2.75, 3.05) is 0 Å². The second kappa shape index (κ2) is 4.97. The molecular weight excluding hydrogens is 256 g/mol. The number of hydrogen-bond donors (Lipinski definition) is 1. The van der Waals surface area contributed by atoms with Crippen LogP contribution in [0.2, 0.25) is 0 Å². The van der Waals surface area contributed by atoms with Crippen molar-refractivity contribution < 1.29 is 14.6 Å². The number of pyridine rings is 2. The zero-order chi connectivity index (χ0) is 13.9. The zero-order valence-corrected chi connectivity index (χ0v) is 10.4. The van der Waals surface area contributed by atoms with Gasteiger partial charge in [-0.15, -0.1) is 0 Å². The Balaban J connectivity index is 2.01. The summed E-state index contributed by atoms with van der Waals surface area (Å²) in [5.41, 5.74) is 0.0720. The average molecular weight is 266 g/mol. The summed E-state index contributed by atoms with van der Waals surface area (Å²) < 4.78 is 5.65. The summed E-state index contributed by atoms with van der Waals surface area (Å²) in [5.74, 6) is -0.282. The van der Waals surface area contributed by atoms with Gasteiger partial charge in [0.15, 0.2) is 0 Å². The van der Waals surface area contributed by atoms with Crippen molar-refractivity contribution in [1.82, 2.24) is 9.97 Å². The normalized spacial score (nSPS) is 10.4. The summed E-state index contributed by atoms with van der Waals surface area (Å²) in [6.45, 7) is 0. The Kier molecular flexibility index (Phi) is 3.01. The van der Waals surface area contributed by atoms with Gasteiger partial charge in [0, 0.05) is 17.8 Å². The summed E-state index contributed by atoms with van der Waals surface area (Å²) in [6.07, 6.45) is 4.37. The fourth-order valence-electron chi connectivity index (χ4n) is 1.88. The molecule has 2 aromatic heterocycles. The number of aromatic nitrogens is 2. The predicted octanol–water partition coefficient (Wildman–Crippen LogP) is 3.12. The molecule has 20 heavy (non-hydrogen) atoms. The van der Waals surface area contributed by atoms with Gasteiger partial charge in [-0.25, -0.2) is 9.78 Å². The number of aromatic carboxylic acids is 1. The van der Waals surface area contributed by atoms with E-state index in [4.69, 9.17) is 9.84 Å². The van der Waals surface area contributed by atoms with E-state index >= 15 is 0 Å². The maximum atomic E-state index is 10.9. The topological polar surface area (TPSA) is 72.3 Å². The van der Waals surface area contributed by atoms with Crippen molar-refractivity contribution in [2.45, 2.75) is 0 Å². The van der Waals surface area contributed by atoms with Crippen LogP contribution in [0.5, 0.6) is 11.6 Å². The first-order chi connectivity index (χ1) is 9.74. The molecule has 5 heteroatoms. The molecule has 0 saturated carbocycles. The van der Waals surface area contributed by atoms with E-state index in [2.05, 4.69) is 9.97 Å². The first-order valence-electron chi connectivity index (χ1n) is 5.94. The van der Waals surface area contributed by atoms with Crippen LogP contribution in [0.3, 0.4) is 0 Å². The van der Waals surface area contributed by atoms with E-state index in [0.717, 1.165) is 10.8 Å². The molecule has 1 N–H and O–H groups in total. The van der Waals surface area contributed by atoms with E-state index in [9.17, 15) is 4.79 Å². The van der Waals surface area contributed by atoms with Crippen molar-refractivity contribution in [3.8, 4) is 11.6 Å². The minimum absolute atomic E-state index is 0.0720. The number of ether oxygens (including phenoxy) is 1. The lowest BCUT2D eigenvalue weighted by Gasteiger charge is -2.07. The summed E-state index contributed by atoms with van der Waals surface area (Å²) in [5, 5.41) is 10.8. The highest BCUT2D eigenvalue weighted by Gasteiger charge is 2.08. The molecule has 0 spiro atoms. The summed E-state index contributed by atoms with van der Waals surface area (Å²) in [4.78, 5) is 18.9. The molecule has 0 aliphatic rings. The molecule has 1 aromatic carbocycles. The van der Waals surface area contributed by atoms with Crippen molar-refractivity contribution in [1.29, 1.82) is 0 Å². The van der Waals surface area contributed by atoms with Crippen molar-refractivity contribution in [3.05, 3.63) is 60.6 Å². The Morgan fingerprint density at radius 1 is 1.15 bits per heavy atom. The van der Waals surface area contributed by atoms with E-state index in [-0.39, 0.29) is 5.56 Å². The maximum Gasteiger partial charge on any atom is 0.337 e. The Hall–Kier alpha value is -2.95. The van der Waals surface area contributed by atoms with Gasteiger partial charge in [-0.3, -0.25) is 4.98 Å². The second-order valence-corrected chi connectivity index (χ2v) is 4.15. The van der Waals surface area contributed by atoms with Gasteiger partial charge < -0.3 is 9.84 Å². The van der Waals surface area contributed by atoms with Crippen LogP contribution in [0.25, 0.3) is 10.8 Å². The van der Waals surface area contributed by atoms with Crippen LogP contribution in [0.1, 0.15) is 10.4 Å². The van der Waals surface area contributed by atoms with E-state index in [1.54, 1.807) is 6.20 Å². The number of hydrogen-bond acceptors (Lipinski definition) is 4. The van der Waals surface area contributed by atoms with Gasteiger partial charge in [0.25, 0.3) is 0 Å². The van der Waals surface area contributed by atoms with Crippen LogP contribution >= 0.6 is 0 Å². The van der Waals surface area contributed by atoms with Crippen LogP contribution in [-0.2, 0) is 0 Å². The highest BCUT2D eigenvalue weighted by Crippen LogP contribution is 2.27. The fourth-order valence-corrected chi connectivity index (χ4v) is 1.88. The Bertz CT molecular complexity index is 781. The van der Waals surface area contributed by atoms with Crippen LogP contribution in [0.4, 0.5) is 0 Å². The van der Waals surface area contributed by atoms with Gasteiger partial charge >= 0.3 is 5.97 Å². The Morgan fingerprint density at radius 3 is 2.85 bits per heavy atom. The zero-order valence-electron chi connectivity index (χ0n) is 10.4. The summed E-state index contributed by atoms with van der Waals surface area (Å²) in [6, 6.07) is 11.0. The van der Waals surface area contributed by atoms with E-state index < -0.39 is 5.97 Å². The predicted molar refractivity (Wildman–Crippen MR) is 73.0 cm³/mol. The molecule has 2 heterocycles. The van der Waals surface area contributed by atoms with E-state index in [1.807, 2.05) is 30.3 Å². The van der Waals surface area contributed by atoms with Crippen molar-refractivity contribution in [3.63, 3.8) is 0 Å². The van der Waals surface area contributed by atoms with Gasteiger partial charge in [-0.1, -0.05) is 18.2 Å². The van der Waals surface area contributed by atoms with Crippen molar-refractivity contribution >= 4 is 16.7 Å². The van der Waals surface area contributed by atoms with E-state index in [1.165, 1.54) is 18.5 Å². The molecular formula is C15H10N2O3. The van der Waals surface area contributed by atoms with Crippen LogP contribution < -0.4 is 4.74 Å². The third kappa shape index (κ3) is 2.29.